The molecule has 1 aromatic carbocycles. The Hall–Kier alpha value is -4.76. The molecule has 1 fully saturated rings. The zero-order chi connectivity index (χ0) is 31.4. The van der Waals surface area contributed by atoms with E-state index in [2.05, 4.69) is 35.3 Å². The van der Waals surface area contributed by atoms with Gasteiger partial charge in [-0.05, 0) is 32.3 Å². The lowest BCUT2D eigenvalue weighted by molar-refractivity contribution is -0.141. The molecule has 0 atom stereocenters. The number of hydrogen-bond acceptors (Lipinski definition) is 8. The largest absolute Gasteiger partial charge is 0.480 e. The van der Waals surface area contributed by atoms with E-state index in [-0.39, 0.29) is 47.5 Å². The molecular formula is C28H25F6N9O. The first-order valence-electron chi connectivity index (χ1n) is 13.6. The van der Waals surface area contributed by atoms with Crippen molar-refractivity contribution in [3.63, 3.8) is 0 Å². The number of anilines is 1. The summed E-state index contributed by atoms with van der Waals surface area (Å²) in [6, 6.07) is 6.35. The number of aromatic nitrogens is 8. The van der Waals surface area contributed by atoms with Crippen LogP contribution in [0.2, 0.25) is 0 Å². The molecule has 0 spiro atoms. The highest BCUT2D eigenvalue weighted by Crippen LogP contribution is 2.45. The number of ether oxygens (including phenoxy) is 1. The third kappa shape index (κ3) is 5.63. The molecule has 0 unspecified atom stereocenters. The van der Waals surface area contributed by atoms with Gasteiger partial charge in [-0.3, -0.25) is 0 Å². The van der Waals surface area contributed by atoms with Gasteiger partial charge >= 0.3 is 12.4 Å². The number of alkyl halides is 6. The van der Waals surface area contributed by atoms with Crippen LogP contribution in [0.15, 0.2) is 43.0 Å². The average molecular weight is 618 g/mol. The van der Waals surface area contributed by atoms with Crippen molar-refractivity contribution in [1.82, 2.24) is 39.1 Å². The molecule has 0 bridgehead atoms. The molecule has 1 aliphatic rings. The van der Waals surface area contributed by atoms with Crippen molar-refractivity contribution in [1.29, 1.82) is 0 Å². The van der Waals surface area contributed by atoms with Crippen molar-refractivity contribution in [2.45, 2.75) is 57.5 Å². The van der Waals surface area contributed by atoms with Crippen LogP contribution in [0.5, 0.6) is 5.88 Å². The zero-order valence-corrected chi connectivity index (χ0v) is 23.6. The van der Waals surface area contributed by atoms with Crippen LogP contribution < -0.4 is 10.1 Å². The lowest BCUT2D eigenvalue weighted by atomic mass is 10.1. The maximum Gasteiger partial charge on any atom is 0.434 e. The van der Waals surface area contributed by atoms with Crippen LogP contribution in [0.1, 0.15) is 61.3 Å². The second kappa shape index (κ2) is 10.7. The van der Waals surface area contributed by atoms with Gasteiger partial charge in [-0.2, -0.15) is 26.3 Å². The Bertz CT molecular complexity index is 1820. The van der Waals surface area contributed by atoms with E-state index >= 15 is 0 Å². The Morgan fingerprint density at radius 3 is 2.23 bits per heavy atom. The highest BCUT2D eigenvalue weighted by Gasteiger charge is 2.37. The number of nitrogens with one attached hydrogen (secondary N) is 1. The number of nitrogens with zero attached hydrogens (tertiary/aromatic N) is 8. The summed E-state index contributed by atoms with van der Waals surface area (Å²) >= 11 is 0. The van der Waals surface area contributed by atoms with E-state index in [1.807, 2.05) is 0 Å². The molecule has 1 aliphatic carbocycles. The fourth-order valence-electron chi connectivity index (χ4n) is 4.76. The molecule has 0 amide bonds. The number of fused-ring (bicyclic) bond motifs is 1. The lowest BCUT2D eigenvalue weighted by Gasteiger charge is -2.13. The van der Waals surface area contributed by atoms with Crippen molar-refractivity contribution < 1.29 is 31.1 Å². The first-order valence-corrected chi connectivity index (χ1v) is 13.6. The smallest absolute Gasteiger partial charge is 0.434 e. The van der Waals surface area contributed by atoms with E-state index in [1.165, 1.54) is 18.0 Å². The van der Waals surface area contributed by atoms with Crippen LogP contribution in [0.25, 0.3) is 28.4 Å². The molecule has 4 aromatic heterocycles. The molecule has 6 rings (SSSR count). The summed E-state index contributed by atoms with van der Waals surface area (Å²) in [6.45, 7) is 3.61. The Morgan fingerprint density at radius 1 is 0.932 bits per heavy atom. The van der Waals surface area contributed by atoms with Gasteiger partial charge in [0.05, 0.1) is 19.0 Å². The van der Waals surface area contributed by atoms with Crippen LogP contribution in [-0.2, 0) is 18.9 Å². The molecule has 0 saturated heterocycles. The lowest BCUT2D eigenvalue weighted by Crippen LogP contribution is -2.09. The molecule has 1 saturated carbocycles. The van der Waals surface area contributed by atoms with Gasteiger partial charge in [0.25, 0.3) is 0 Å². The van der Waals surface area contributed by atoms with Crippen LogP contribution >= 0.6 is 0 Å². The molecule has 16 heteroatoms. The third-order valence-electron chi connectivity index (χ3n) is 7.08. The molecule has 1 N–H and O–H groups in total. The monoisotopic (exact) mass is 617 g/mol. The first-order chi connectivity index (χ1) is 20.8. The van der Waals surface area contributed by atoms with E-state index in [4.69, 9.17) is 4.74 Å². The SMILES string of the molecule is COc1ncnc(C2CC2)c1-c1nc(NCc2ccc(-c3nc(C(F)(F)F)cn3C(C)C)cc2)c2nc(C(F)(F)F)cn2n1. The molecule has 5 aromatic rings. The minimum Gasteiger partial charge on any atom is -0.480 e. The van der Waals surface area contributed by atoms with E-state index in [0.29, 0.717) is 22.4 Å². The predicted molar refractivity (Wildman–Crippen MR) is 146 cm³/mol. The van der Waals surface area contributed by atoms with Gasteiger partial charge < -0.3 is 14.6 Å². The highest BCUT2D eigenvalue weighted by atomic mass is 19.4. The molecule has 44 heavy (non-hydrogen) atoms. The first kappa shape index (κ1) is 29.3. The van der Waals surface area contributed by atoms with E-state index in [9.17, 15) is 26.3 Å². The summed E-state index contributed by atoms with van der Waals surface area (Å²) in [5.41, 5.74) is -0.118. The topological polar surface area (TPSA) is 108 Å². The number of hydrogen-bond donors (Lipinski definition) is 1. The molecule has 4 heterocycles. The highest BCUT2D eigenvalue weighted by molar-refractivity contribution is 5.71. The van der Waals surface area contributed by atoms with Crippen molar-refractivity contribution >= 4 is 11.5 Å². The van der Waals surface area contributed by atoms with Gasteiger partial charge in [0, 0.05) is 30.3 Å². The minimum absolute atomic E-state index is 0.0207. The fraction of sp³-hybridized carbons (Fsp3) is 0.357. The summed E-state index contributed by atoms with van der Waals surface area (Å²) in [6.07, 6.45) is -4.43. The van der Waals surface area contributed by atoms with E-state index in [0.717, 1.165) is 29.8 Å². The van der Waals surface area contributed by atoms with Crippen molar-refractivity contribution in [3.8, 4) is 28.7 Å². The second-order valence-corrected chi connectivity index (χ2v) is 10.6. The summed E-state index contributed by atoms with van der Waals surface area (Å²) in [5.74, 6) is 0.557. The minimum atomic E-state index is -4.72. The van der Waals surface area contributed by atoms with Gasteiger partial charge in [0.1, 0.15) is 17.7 Å². The predicted octanol–water partition coefficient (Wildman–Crippen LogP) is 6.56. The standard InChI is InChI=1S/C28H25F6N9O/c1-14(2)42-11-18(27(29,30)31)38-24(42)17-6-4-15(5-7-17)10-35-23-25-39-19(28(32,33)34)12-43(25)41-22(40-23)20-21(16-8-9-16)36-13-37-26(20)44-3/h4-7,11-14,16H,8-10H2,1-3H3,(H,35,40,41). The number of benzene rings is 1. The molecule has 0 aliphatic heterocycles. The Kier molecular flexibility index (Phi) is 7.16. The Morgan fingerprint density at radius 2 is 1.61 bits per heavy atom. The van der Waals surface area contributed by atoms with Crippen LogP contribution in [0.4, 0.5) is 32.2 Å². The molecule has 0 radical (unpaired) electrons. The van der Waals surface area contributed by atoms with Crippen molar-refractivity contribution in [2.75, 3.05) is 12.4 Å². The summed E-state index contributed by atoms with van der Waals surface area (Å²) in [4.78, 5) is 20.6. The average Bonchev–Trinajstić information content (AvgIpc) is 3.54. The maximum absolute atomic E-state index is 13.6. The fourth-order valence-corrected chi connectivity index (χ4v) is 4.76. The third-order valence-corrected chi connectivity index (χ3v) is 7.08. The van der Waals surface area contributed by atoms with Gasteiger partial charge in [-0.15, -0.1) is 5.10 Å². The van der Waals surface area contributed by atoms with Gasteiger partial charge in [-0.1, -0.05) is 24.3 Å². The number of rotatable bonds is 8. The molecule has 230 valence electrons. The van der Waals surface area contributed by atoms with Crippen LogP contribution in [0, 0.1) is 0 Å². The quantitative estimate of drug-likeness (QED) is 0.195. The normalized spacial score (nSPS) is 14.0. The van der Waals surface area contributed by atoms with Gasteiger partial charge in [0.15, 0.2) is 28.7 Å². The summed E-state index contributed by atoms with van der Waals surface area (Å²) < 4.78 is 88.7. The van der Waals surface area contributed by atoms with Gasteiger partial charge in [-0.25, -0.2) is 29.4 Å². The number of imidazole rings is 2. The van der Waals surface area contributed by atoms with E-state index < -0.39 is 23.7 Å². The van der Waals surface area contributed by atoms with Gasteiger partial charge in [0.2, 0.25) is 5.88 Å². The molecule has 10 nitrogen and oxygen atoms in total. The van der Waals surface area contributed by atoms with Crippen LogP contribution in [-0.4, -0.2) is 46.2 Å². The molecular weight excluding hydrogens is 592 g/mol. The number of methoxy groups -OCH3 is 1. The zero-order valence-electron chi connectivity index (χ0n) is 23.6. The number of halogens is 6. The van der Waals surface area contributed by atoms with Crippen LogP contribution in [0.3, 0.4) is 0 Å². The maximum atomic E-state index is 13.6. The van der Waals surface area contributed by atoms with Crippen molar-refractivity contribution in [2.24, 2.45) is 0 Å². The summed E-state index contributed by atoms with van der Waals surface area (Å²) in [5, 5.41) is 7.36. The van der Waals surface area contributed by atoms with E-state index in [1.54, 1.807) is 38.1 Å². The Labute approximate surface area is 246 Å². The summed E-state index contributed by atoms with van der Waals surface area (Å²) in [7, 11) is 1.42. The van der Waals surface area contributed by atoms with Crippen molar-refractivity contribution in [3.05, 3.63) is 65.6 Å². The second-order valence-electron chi connectivity index (χ2n) is 10.6. The Balaban J connectivity index is 1.35.